The molecule has 0 aliphatic carbocycles. The van der Waals surface area contributed by atoms with Crippen molar-refractivity contribution in [2.24, 2.45) is 0 Å². The fourth-order valence-corrected chi connectivity index (χ4v) is 5.19. The average molecular weight is 500 g/mol. The number of hydrogen-bond donors (Lipinski definition) is 1. The number of hydrogen-bond acceptors (Lipinski definition) is 6. The molecule has 1 saturated heterocycles. The summed E-state index contributed by atoms with van der Waals surface area (Å²) in [5.41, 5.74) is -0.734. The average Bonchev–Trinajstić information content (AvgIpc) is 3.43. The number of halogens is 3. The predicted molar refractivity (Wildman–Crippen MR) is 117 cm³/mol. The number of benzene rings is 1. The molecule has 1 aromatic carbocycles. The van der Waals surface area contributed by atoms with E-state index in [-0.39, 0.29) is 23.9 Å². The van der Waals surface area contributed by atoms with Crippen LogP contribution < -0.4 is 5.32 Å². The molecule has 1 atom stereocenters. The lowest BCUT2D eigenvalue weighted by Gasteiger charge is -2.31. The highest BCUT2D eigenvalue weighted by Gasteiger charge is 2.32. The maximum Gasteiger partial charge on any atom is 0.416 e. The highest BCUT2D eigenvalue weighted by Crippen LogP contribution is 2.32. The predicted octanol–water partition coefficient (Wildman–Crippen LogP) is 3.17. The smallest absolute Gasteiger partial charge is 0.345 e. The number of sulfonamides is 1. The van der Waals surface area contributed by atoms with Gasteiger partial charge in [-0.15, -0.1) is 16.4 Å². The molecule has 3 aromatic rings. The van der Waals surface area contributed by atoms with Crippen molar-refractivity contribution < 1.29 is 26.4 Å². The summed E-state index contributed by atoms with van der Waals surface area (Å²) >= 11 is 1.31. The maximum atomic E-state index is 13.2. The number of piperidine rings is 1. The van der Waals surface area contributed by atoms with Crippen molar-refractivity contribution >= 4 is 27.3 Å². The minimum absolute atomic E-state index is 0.112. The van der Waals surface area contributed by atoms with Crippen molar-refractivity contribution in [3.05, 3.63) is 53.2 Å². The van der Waals surface area contributed by atoms with Gasteiger partial charge in [0.15, 0.2) is 5.82 Å². The molecule has 3 heterocycles. The lowest BCUT2D eigenvalue weighted by Crippen LogP contribution is -2.49. The number of rotatable bonds is 5. The van der Waals surface area contributed by atoms with Gasteiger partial charge in [-0.3, -0.25) is 4.79 Å². The van der Waals surface area contributed by atoms with E-state index in [0.29, 0.717) is 24.3 Å². The van der Waals surface area contributed by atoms with E-state index in [1.807, 2.05) is 0 Å². The number of amides is 1. The van der Waals surface area contributed by atoms with Gasteiger partial charge in [-0.25, -0.2) is 22.4 Å². The molecule has 176 valence electrons. The Kier molecular flexibility index (Phi) is 6.29. The lowest BCUT2D eigenvalue weighted by molar-refractivity contribution is -0.137. The maximum absolute atomic E-state index is 13.2. The first kappa shape index (κ1) is 23.4. The van der Waals surface area contributed by atoms with E-state index in [0.717, 1.165) is 18.4 Å². The summed E-state index contributed by atoms with van der Waals surface area (Å²) < 4.78 is 65.8. The third kappa shape index (κ3) is 5.25. The summed E-state index contributed by atoms with van der Waals surface area (Å²) in [6.45, 7) is 0.521. The molecule has 1 unspecified atom stereocenters. The molecular formula is C20H20F3N5O3S2. The number of carbonyl (C=O) groups excluding carboxylic acids is 1. The van der Waals surface area contributed by atoms with E-state index in [9.17, 15) is 26.4 Å². The van der Waals surface area contributed by atoms with Crippen molar-refractivity contribution in [2.45, 2.75) is 25.1 Å². The van der Waals surface area contributed by atoms with Gasteiger partial charge in [0, 0.05) is 19.1 Å². The second kappa shape index (κ2) is 8.88. The molecule has 8 nitrogen and oxygen atoms in total. The molecule has 1 aliphatic heterocycles. The van der Waals surface area contributed by atoms with Crippen LogP contribution in [-0.2, 0) is 16.2 Å². The Morgan fingerprint density at radius 3 is 2.70 bits per heavy atom. The normalized spacial score (nSPS) is 17.8. The van der Waals surface area contributed by atoms with E-state index in [1.165, 1.54) is 32.5 Å². The summed E-state index contributed by atoms with van der Waals surface area (Å²) in [6.07, 6.45) is -2.25. The summed E-state index contributed by atoms with van der Waals surface area (Å²) in [6, 6.07) is 7.67. The van der Waals surface area contributed by atoms with Gasteiger partial charge >= 0.3 is 6.18 Å². The minimum Gasteiger partial charge on any atom is -0.345 e. The molecule has 4 rings (SSSR count). The number of nitrogens with zero attached hydrogens (tertiary/aromatic N) is 4. The van der Waals surface area contributed by atoms with E-state index in [2.05, 4.69) is 15.4 Å². The molecule has 13 heteroatoms. The van der Waals surface area contributed by atoms with Gasteiger partial charge in [0.05, 0.1) is 22.4 Å². The third-order valence-electron chi connectivity index (χ3n) is 5.16. The lowest BCUT2D eigenvalue weighted by atomic mass is 10.1. The first-order valence-electron chi connectivity index (χ1n) is 9.97. The Labute approximate surface area is 192 Å². The molecule has 1 aliphatic rings. The van der Waals surface area contributed by atoms with Gasteiger partial charge in [-0.1, -0.05) is 12.1 Å². The zero-order chi connectivity index (χ0) is 23.8. The highest BCUT2D eigenvalue weighted by molar-refractivity contribution is 7.88. The molecule has 1 fully saturated rings. The van der Waals surface area contributed by atoms with Gasteiger partial charge in [-0.05, 0) is 42.5 Å². The largest absolute Gasteiger partial charge is 0.416 e. The SMILES string of the molecule is CS(=O)(=O)N1CCCC(NC(=O)c2nc(-c3cccs3)n(-c3cccc(C(F)(F)F)c3)n2)C1. The van der Waals surface area contributed by atoms with Gasteiger partial charge in [-0.2, -0.15) is 13.2 Å². The van der Waals surface area contributed by atoms with Crippen LogP contribution in [0.3, 0.4) is 0 Å². The molecule has 1 N–H and O–H groups in total. The summed E-state index contributed by atoms with van der Waals surface area (Å²) in [5, 5.41) is 8.72. The van der Waals surface area contributed by atoms with Crippen LogP contribution in [0.15, 0.2) is 41.8 Å². The molecule has 0 bridgehead atoms. The van der Waals surface area contributed by atoms with Crippen molar-refractivity contribution in [3.63, 3.8) is 0 Å². The quantitative estimate of drug-likeness (QED) is 0.582. The Bertz CT molecular complexity index is 1260. The number of aromatic nitrogens is 3. The summed E-state index contributed by atoms with van der Waals surface area (Å²) in [7, 11) is -3.39. The van der Waals surface area contributed by atoms with E-state index < -0.39 is 33.7 Å². The topological polar surface area (TPSA) is 97.2 Å². The van der Waals surface area contributed by atoms with Crippen molar-refractivity contribution in [3.8, 4) is 16.4 Å². The fraction of sp³-hybridized carbons (Fsp3) is 0.350. The van der Waals surface area contributed by atoms with Gasteiger partial charge in [0.25, 0.3) is 5.91 Å². The van der Waals surface area contributed by atoms with Crippen molar-refractivity contribution in [1.82, 2.24) is 24.4 Å². The molecule has 2 aromatic heterocycles. The van der Waals surface area contributed by atoms with Crippen LogP contribution in [-0.4, -0.2) is 58.8 Å². The standard InChI is InChI=1S/C20H20F3N5O3S2/c1-33(30,31)27-9-3-6-14(12-27)24-19(29)17-25-18(16-8-4-10-32-16)28(26-17)15-7-2-5-13(11-15)20(21,22)23/h2,4-5,7-8,10-11,14H,3,6,9,12H2,1H3,(H,24,29). The monoisotopic (exact) mass is 499 g/mol. The zero-order valence-corrected chi connectivity index (χ0v) is 19.0. The van der Waals surface area contributed by atoms with Crippen LogP contribution in [0.25, 0.3) is 16.4 Å². The fourth-order valence-electron chi connectivity index (χ4n) is 3.58. The van der Waals surface area contributed by atoms with Gasteiger partial charge < -0.3 is 5.32 Å². The molecule has 33 heavy (non-hydrogen) atoms. The minimum atomic E-state index is -4.54. The van der Waals surface area contributed by atoms with E-state index in [4.69, 9.17) is 0 Å². The number of thiophene rings is 1. The van der Waals surface area contributed by atoms with Crippen LogP contribution in [0.1, 0.15) is 29.0 Å². The van der Waals surface area contributed by atoms with Crippen molar-refractivity contribution in [2.75, 3.05) is 19.3 Å². The van der Waals surface area contributed by atoms with Crippen LogP contribution in [0.2, 0.25) is 0 Å². The second-order valence-electron chi connectivity index (χ2n) is 7.63. The van der Waals surface area contributed by atoms with Gasteiger partial charge in [0.2, 0.25) is 15.8 Å². The second-order valence-corrected chi connectivity index (χ2v) is 10.6. The number of nitrogens with one attached hydrogen (secondary N) is 1. The molecular weight excluding hydrogens is 479 g/mol. The Hall–Kier alpha value is -2.77. The van der Waals surface area contributed by atoms with Crippen molar-refractivity contribution in [1.29, 1.82) is 0 Å². The van der Waals surface area contributed by atoms with Gasteiger partial charge in [0.1, 0.15) is 0 Å². The summed E-state index contributed by atoms with van der Waals surface area (Å²) in [4.78, 5) is 17.8. The Morgan fingerprint density at radius 1 is 1.24 bits per heavy atom. The first-order valence-corrected chi connectivity index (χ1v) is 12.7. The van der Waals surface area contributed by atoms with Crippen LogP contribution in [0.4, 0.5) is 13.2 Å². The number of alkyl halides is 3. The van der Waals surface area contributed by atoms with Crippen LogP contribution in [0.5, 0.6) is 0 Å². The highest BCUT2D eigenvalue weighted by atomic mass is 32.2. The molecule has 0 radical (unpaired) electrons. The van der Waals surface area contributed by atoms with E-state index >= 15 is 0 Å². The molecule has 0 spiro atoms. The zero-order valence-electron chi connectivity index (χ0n) is 17.4. The van der Waals surface area contributed by atoms with E-state index in [1.54, 1.807) is 17.5 Å². The molecule has 0 saturated carbocycles. The Balaban J connectivity index is 1.65. The molecule has 1 amide bonds. The summed E-state index contributed by atoms with van der Waals surface area (Å²) in [5.74, 6) is -0.609. The first-order chi connectivity index (χ1) is 15.5. The van der Waals surface area contributed by atoms with Crippen LogP contribution in [0, 0.1) is 0 Å². The Morgan fingerprint density at radius 2 is 2.03 bits per heavy atom. The third-order valence-corrected chi connectivity index (χ3v) is 7.29. The van der Waals surface area contributed by atoms with Crippen LogP contribution >= 0.6 is 11.3 Å². The number of carbonyl (C=O) groups is 1.